The van der Waals surface area contributed by atoms with E-state index in [2.05, 4.69) is 15.5 Å². The average molecular weight is 445 g/mol. The number of rotatable bonds is 6. The highest BCUT2D eigenvalue weighted by atomic mass is 32.1. The van der Waals surface area contributed by atoms with E-state index < -0.39 is 0 Å². The minimum Gasteiger partial charge on any atom is -0.483 e. The molecule has 32 heavy (non-hydrogen) atoms. The molecule has 2 aromatic carbocycles. The molecule has 0 saturated heterocycles. The number of pyridine rings is 1. The van der Waals surface area contributed by atoms with Crippen LogP contribution in [0.5, 0.6) is 5.75 Å². The highest BCUT2D eigenvalue weighted by molar-refractivity contribution is 7.14. The van der Waals surface area contributed by atoms with Crippen LogP contribution in [0, 0.1) is 0 Å². The van der Waals surface area contributed by atoms with E-state index in [1.165, 1.54) is 11.3 Å². The van der Waals surface area contributed by atoms with Gasteiger partial charge in [0, 0.05) is 25.7 Å². The van der Waals surface area contributed by atoms with Gasteiger partial charge in [-0.1, -0.05) is 72.0 Å². The van der Waals surface area contributed by atoms with Crippen molar-refractivity contribution in [3.8, 4) is 16.3 Å². The second kappa shape index (κ2) is 8.76. The fourth-order valence-corrected chi connectivity index (χ4v) is 4.52. The van der Waals surface area contributed by atoms with Crippen molar-refractivity contribution in [1.29, 1.82) is 0 Å². The van der Waals surface area contributed by atoms with Crippen LogP contribution in [0.2, 0.25) is 0 Å². The molecule has 1 aliphatic rings. The molecule has 0 aliphatic carbocycles. The Morgan fingerprint density at radius 2 is 1.69 bits per heavy atom. The smallest absolute Gasteiger partial charge is 0.272 e. The molecule has 2 aromatic heterocycles. The molecule has 0 saturated carbocycles. The van der Waals surface area contributed by atoms with Crippen LogP contribution in [0.15, 0.2) is 71.7 Å². The van der Waals surface area contributed by atoms with E-state index >= 15 is 0 Å². The van der Waals surface area contributed by atoms with Gasteiger partial charge in [-0.2, -0.15) is 0 Å². The first-order valence-electron chi connectivity index (χ1n) is 10.3. The average Bonchev–Trinajstić information content (AvgIpc) is 3.28. The van der Waals surface area contributed by atoms with Crippen molar-refractivity contribution < 1.29 is 9.53 Å². The van der Waals surface area contributed by atoms with Gasteiger partial charge in [0.2, 0.25) is 5.43 Å². The van der Waals surface area contributed by atoms with Crippen molar-refractivity contribution in [3.05, 3.63) is 98.9 Å². The summed E-state index contributed by atoms with van der Waals surface area (Å²) >= 11 is 1.38. The summed E-state index contributed by atoms with van der Waals surface area (Å²) in [6, 6.07) is 19.5. The third kappa shape index (κ3) is 4.04. The molecule has 0 unspecified atom stereocenters. The quantitative estimate of drug-likeness (QED) is 0.493. The number of nitrogens with zero attached hydrogens (tertiary/aromatic N) is 3. The fraction of sp³-hybridized carbons (Fsp3) is 0.167. The minimum atomic E-state index is -0.355. The number of amides is 1. The zero-order valence-corrected chi connectivity index (χ0v) is 18.0. The van der Waals surface area contributed by atoms with Gasteiger partial charge < -0.3 is 14.6 Å². The molecule has 3 heterocycles. The molecule has 1 amide bonds. The number of hydrogen-bond acceptors (Lipinski definition) is 6. The lowest BCUT2D eigenvalue weighted by atomic mass is 10.1. The number of carbonyl (C=O) groups excluding carboxylic acids is 1. The third-order valence-corrected chi connectivity index (χ3v) is 6.17. The van der Waals surface area contributed by atoms with Crippen molar-refractivity contribution >= 4 is 17.2 Å². The second-order valence-electron chi connectivity index (χ2n) is 7.44. The Morgan fingerprint density at radius 1 is 0.969 bits per heavy atom. The Bertz CT molecular complexity index is 1320. The Labute approximate surface area is 188 Å². The minimum absolute atomic E-state index is 0.0448. The Kier molecular flexibility index (Phi) is 5.51. The number of benzene rings is 2. The third-order valence-electron chi connectivity index (χ3n) is 5.21. The van der Waals surface area contributed by atoms with Gasteiger partial charge in [-0.25, -0.2) is 0 Å². The number of ether oxygens (including phenoxy) is 1. The molecule has 1 aliphatic heterocycles. The lowest BCUT2D eigenvalue weighted by molar-refractivity contribution is 0.0919. The number of fused-ring (bicyclic) bond motifs is 1. The standard InChI is InChI=1S/C24H20N4O3S/c29-21-18(24-27-26-19(32-24)13-16-7-3-1-4-8-16)14-28-12-11-25-23(30)20(28)22(21)31-15-17-9-5-2-6-10-17/h1-10,14H,11-13,15H2,(H,25,30). The van der Waals surface area contributed by atoms with E-state index in [0.29, 0.717) is 30.1 Å². The maximum absolute atomic E-state index is 13.4. The summed E-state index contributed by atoms with van der Waals surface area (Å²) in [5.41, 5.74) is 2.32. The first kappa shape index (κ1) is 20.1. The molecular weight excluding hydrogens is 424 g/mol. The topological polar surface area (TPSA) is 86.1 Å². The molecule has 5 rings (SSSR count). The molecule has 7 nitrogen and oxygen atoms in total. The van der Waals surface area contributed by atoms with Gasteiger partial charge in [0.05, 0.1) is 5.56 Å². The maximum Gasteiger partial charge on any atom is 0.272 e. The normalized spacial score (nSPS) is 12.8. The Hall–Kier alpha value is -3.78. The van der Waals surface area contributed by atoms with Crippen LogP contribution in [0.1, 0.15) is 26.6 Å². The molecule has 0 bridgehead atoms. The van der Waals surface area contributed by atoms with Gasteiger partial charge in [-0.15, -0.1) is 10.2 Å². The Balaban J connectivity index is 1.52. The number of carbonyl (C=O) groups is 1. The summed E-state index contributed by atoms with van der Waals surface area (Å²) in [6.07, 6.45) is 2.34. The van der Waals surface area contributed by atoms with Gasteiger partial charge in [0.15, 0.2) is 16.5 Å². The SMILES string of the molecule is O=C1NCCn2cc(-c3nnc(Cc4ccccc4)s3)c(=O)c(OCc3ccccc3)c21. The summed E-state index contributed by atoms with van der Waals surface area (Å²) < 4.78 is 7.69. The Morgan fingerprint density at radius 3 is 2.44 bits per heavy atom. The van der Waals surface area contributed by atoms with Crippen LogP contribution in [0.4, 0.5) is 0 Å². The highest BCUT2D eigenvalue weighted by Crippen LogP contribution is 2.27. The van der Waals surface area contributed by atoms with Crippen LogP contribution < -0.4 is 15.5 Å². The van der Waals surface area contributed by atoms with Crippen molar-refractivity contribution in [2.75, 3.05) is 6.54 Å². The molecule has 1 N–H and O–H groups in total. The molecule has 4 aromatic rings. The van der Waals surface area contributed by atoms with Crippen LogP contribution in [-0.2, 0) is 19.6 Å². The summed E-state index contributed by atoms with van der Waals surface area (Å²) in [4.78, 5) is 25.9. The number of aromatic nitrogens is 3. The van der Waals surface area contributed by atoms with Crippen LogP contribution in [0.25, 0.3) is 10.6 Å². The van der Waals surface area contributed by atoms with Crippen LogP contribution in [0.3, 0.4) is 0 Å². The summed E-state index contributed by atoms with van der Waals surface area (Å²) in [5, 5.41) is 12.7. The first-order valence-corrected chi connectivity index (χ1v) is 11.1. The van der Waals surface area contributed by atoms with Gasteiger partial charge in [-0.05, 0) is 11.1 Å². The molecule has 8 heteroatoms. The highest BCUT2D eigenvalue weighted by Gasteiger charge is 2.27. The van der Waals surface area contributed by atoms with E-state index in [0.717, 1.165) is 16.1 Å². The van der Waals surface area contributed by atoms with Crippen molar-refractivity contribution in [2.45, 2.75) is 19.6 Å². The number of nitrogens with one attached hydrogen (secondary N) is 1. The predicted molar refractivity (Wildman–Crippen MR) is 122 cm³/mol. The summed E-state index contributed by atoms with van der Waals surface area (Å²) in [6.45, 7) is 1.22. The molecule has 0 atom stereocenters. The van der Waals surface area contributed by atoms with Gasteiger partial charge in [0.25, 0.3) is 5.91 Å². The van der Waals surface area contributed by atoms with E-state index in [-0.39, 0.29) is 29.4 Å². The van der Waals surface area contributed by atoms with E-state index in [1.807, 2.05) is 60.7 Å². The summed E-state index contributed by atoms with van der Waals surface area (Å²) in [7, 11) is 0. The van der Waals surface area contributed by atoms with E-state index in [4.69, 9.17) is 4.74 Å². The van der Waals surface area contributed by atoms with Gasteiger partial charge in [-0.3, -0.25) is 9.59 Å². The van der Waals surface area contributed by atoms with Crippen molar-refractivity contribution in [2.24, 2.45) is 0 Å². The van der Waals surface area contributed by atoms with Crippen molar-refractivity contribution in [1.82, 2.24) is 20.1 Å². The molecule has 0 spiro atoms. The van der Waals surface area contributed by atoms with Crippen molar-refractivity contribution in [3.63, 3.8) is 0 Å². The van der Waals surface area contributed by atoms with E-state index in [1.54, 1.807) is 10.8 Å². The molecular formula is C24H20N4O3S. The predicted octanol–water partition coefficient (Wildman–Crippen LogP) is 3.28. The zero-order chi connectivity index (χ0) is 21.9. The number of hydrogen-bond donors (Lipinski definition) is 1. The second-order valence-corrected chi connectivity index (χ2v) is 8.50. The van der Waals surface area contributed by atoms with Gasteiger partial charge in [0.1, 0.15) is 11.6 Å². The molecule has 0 radical (unpaired) electrons. The largest absolute Gasteiger partial charge is 0.483 e. The van der Waals surface area contributed by atoms with E-state index in [9.17, 15) is 9.59 Å². The molecule has 0 fully saturated rings. The maximum atomic E-state index is 13.4. The van der Waals surface area contributed by atoms with Gasteiger partial charge >= 0.3 is 0 Å². The lowest BCUT2D eigenvalue weighted by Crippen LogP contribution is -2.38. The zero-order valence-electron chi connectivity index (χ0n) is 17.2. The molecule has 160 valence electrons. The lowest BCUT2D eigenvalue weighted by Gasteiger charge is -2.22. The monoisotopic (exact) mass is 444 g/mol. The first-order chi connectivity index (χ1) is 15.7. The van der Waals surface area contributed by atoms with Crippen LogP contribution in [-0.4, -0.2) is 27.2 Å². The summed E-state index contributed by atoms with van der Waals surface area (Å²) in [5.74, 6) is -0.270. The fourth-order valence-electron chi connectivity index (χ4n) is 3.64. The van der Waals surface area contributed by atoms with Crippen LogP contribution >= 0.6 is 11.3 Å².